The molecule has 0 saturated carbocycles. The molecule has 0 bridgehead atoms. The van der Waals surface area contributed by atoms with E-state index in [1.54, 1.807) is 4.68 Å². The number of aromatic nitrogens is 3. The van der Waals surface area contributed by atoms with Crippen molar-refractivity contribution in [3.05, 3.63) is 41.7 Å². The molecule has 6 heteroatoms. The van der Waals surface area contributed by atoms with E-state index in [9.17, 15) is 4.39 Å². The molecule has 1 N–H and O–H groups in total. The molecule has 114 valence electrons. The fraction of sp³-hybridized carbons (Fsp3) is 0.467. The van der Waals surface area contributed by atoms with Crippen molar-refractivity contribution < 1.29 is 9.13 Å². The first-order valence-corrected chi connectivity index (χ1v) is 7.22. The van der Waals surface area contributed by atoms with E-state index >= 15 is 0 Å². The van der Waals surface area contributed by atoms with E-state index in [2.05, 4.69) is 22.3 Å². The van der Waals surface area contributed by atoms with Gasteiger partial charge in [0.15, 0.2) is 5.82 Å². The molecule has 2 aromatic rings. The topological polar surface area (TPSA) is 52.0 Å². The first-order valence-electron chi connectivity index (χ1n) is 7.22. The van der Waals surface area contributed by atoms with Gasteiger partial charge in [0.1, 0.15) is 24.5 Å². The van der Waals surface area contributed by atoms with Gasteiger partial charge in [-0.2, -0.15) is 5.10 Å². The van der Waals surface area contributed by atoms with E-state index < -0.39 is 0 Å². The van der Waals surface area contributed by atoms with Crippen LogP contribution >= 0.6 is 0 Å². The summed E-state index contributed by atoms with van der Waals surface area (Å²) in [4.78, 5) is 4.17. The highest BCUT2D eigenvalue weighted by atomic mass is 19.1. The van der Waals surface area contributed by atoms with E-state index in [4.69, 9.17) is 4.74 Å². The molecule has 0 aliphatic carbocycles. The fourth-order valence-electron chi connectivity index (χ4n) is 2.02. The predicted octanol–water partition coefficient (Wildman–Crippen LogP) is 2.52. The van der Waals surface area contributed by atoms with Crippen molar-refractivity contribution in [1.29, 1.82) is 0 Å². The lowest BCUT2D eigenvalue weighted by atomic mass is 10.2. The Kier molecular flexibility index (Phi) is 5.68. The highest BCUT2D eigenvalue weighted by molar-refractivity contribution is 5.29. The quantitative estimate of drug-likeness (QED) is 0.812. The molecular formula is C15H21FN4O. The van der Waals surface area contributed by atoms with Gasteiger partial charge in [0.2, 0.25) is 0 Å². The predicted molar refractivity (Wildman–Crippen MR) is 78.4 cm³/mol. The van der Waals surface area contributed by atoms with Gasteiger partial charge in [-0.15, -0.1) is 0 Å². The molecule has 0 radical (unpaired) electrons. The lowest BCUT2D eigenvalue weighted by molar-refractivity contribution is 0.284. The molecule has 1 aromatic heterocycles. The molecule has 0 unspecified atom stereocenters. The Morgan fingerprint density at radius 3 is 2.90 bits per heavy atom. The third kappa shape index (κ3) is 4.53. The number of hydrogen-bond acceptors (Lipinski definition) is 4. The molecule has 0 atom stereocenters. The van der Waals surface area contributed by atoms with Crippen molar-refractivity contribution in [2.75, 3.05) is 6.54 Å². The van der Waals surface area contributed by atoms with Gasteiger partial charge in [0.05, 0.1) is 0 Å². The van der Waals surface area contributed by atoms with Gasteiger partial charge in [-0.1, -0.05) is 13.8 Å². The zero-order valence-electron chi connectivity index (χ0n) is 12.5. The van der Waals surface area contributed by atoms with Crippen LogP contribution in [-0.2, 0) is 19.7 Å². The second kappa shape index (κ2) is 7.73. The number of nitrogens with zero attached hydrogens (tertiary/aromatic N) is 3. The van der Waals surface area contributed by atoms with Crippen LogP contribution in [0.2, 0.25) is 0 Å². The minimum Gasteiger partial charge on any atom is -0.486 e. The molecule has 5 nitrogen and oxygen atoms in total. The minimum absolute atomic E-state index is 0.282. The van der Waals surface area contributed by atoms with E-state index in [1.807, 2.05) is 13.0 Å². The molecule has 0 aliphatic rings. The normalized spacial score (nSPS) is 10.8. The maximum atomic E-state index is 13.6. The molecule has 21 heavy (non-hydrogen) atoms. The van der Waals surface area contributed by atoms with Crippen LogP contribution in [0.3, 0.4) is 0 Å². The Labute approximate surface area is 124 Å². The Hall–Kier alpha value is -1.95. The third-order valence-electron chi connectivity index (χ3n) is 3.01. The Bertz CT molecular complexity index is 571. The lowest BCUT2D eigenvalue weighted by Gasteiger charge is -2.09. The van der Waals surface area contributed by atoms with Crippen LogP contribution in [-0.4, -0.2) is 21.3 Å². The van der Waals surface area contributed by atoms with Gasteiger partial charge in [-0.3, -0.25) is 0 Å². The Morgan fingerprint density at radius 1 is 1.29 bits per heavy atom. The molecule has 0 amide bonds. The number of halogens is 1. The number of aryl methyl sites for hydroxylation is 1. The van der Waals surface area contributed by atoms with E-state index in [0.717, 1.165) is 30.9 Å². The van der Waals surface area contributed by atoms with Gasteiger partial charge in [-0.05, 0) is 30.7 Å². The molecule has 0 fully saturated rings. The summed E-state index contributed by atoms with van der Waals surface area (Å²) in [7, 11) is 0. The lowest BCUT2D eigenvalue weighted by Crippen LogP contribution is -2.12. The maximum absolute atomic E-state index is 13.6. The van der Waals surface area contributed by atoms with Crippen LogP contribution in [0.4, 0.5) is 4.39 Å². The summed E-state index contributed by atoms with van der Waals surface area (Å²) < 4.78 is 21.0. The SMILES string of the molecule is CCCn1ncnc1COc1cc(F)cc(CNCC)c1. The molecular weight excluding hydrogens is 271 g/mol. The first-order chi connectivity index (χ1) is 10.2. The Morgan fingerprint density at radius 2 is 2.14 bits per heavy atom. The van der Waals surface area contributed by atoms with Crippen LogP contribution in [0.1, 0.15) is 31.7 Å². The highest BCUT2D eigenvalue weighted by Crippen LogP contribution is 2.17. The van der Waals surface area contributed by atoms with Crippen LogP contribution in [0.5, 0.6) is 5.75 Å². The summed E-state index contributed by atoms with van der Waals surface area (Å²) in [6, 6.07) is 4.73. The average molecular weight is 292 g/mol. The van der Waals surface area contributed by atoms with Gasteiger partial charge >= 0.3 is 0 Å². The van der Waals surface area contributed by atoms with Crippen molar-refractivity contribution in [1.82, 2.24) is 20.1 Å². The number of nitrogens with one attached hydrogen (secondary N) is 1. The van der Waals surface area contributed by atoms with Crippen molar-refractivity contribution >= 4 is 0 Å². The van der Waals surface area contributed by atoms with Gasteiger partial charge in [0.25, 0.3) is 0 Å². The zero-order chi connectivity index (χ0) is 15.1. The fourth-order valence-corrected chi connectivity index (χ4v) is 2.02. The van der Waals surface area contributed by atoms with Crippen molar-refractivity contribution in [2.24, 2.45) is 0 Å². The maximum Gasteiger partial charge on any atom is 0.164 e. The Balaban J connectivity index is 2.02. The van der Waals surface area contributed by atoms with E-state index in [-0.39, 0.29) is 12.4 Å². The van der Waals surface area contributed by atoms with E-state index in [0.29, 0.717) is 12.3 Å². The van der Waals surface area contributed by atoms with Crippen molar-refractivity contribution in [3.8, 4) is 5.75 Å². The smallest absolute Gasteiger partial charge is 0.164 e. The van der Waals surface area contributed by atoms with Crippen LogP contribution < -0.4 is 10.1 Å². The number of benzene rings is 1. The first kappa shape index (κ1) is 15.4. The molecule has 0 saturated heterocycles. The summed E-state index contributed by atoms with van der Waals surface area (Å²) in [5.74, 6) is 0.957. The number of rotatable bonds is 8. The summed E-state index contributed by atoms with van der Waals surface area (Å²) >= 11 is 0. The summed E-state index contributed by atoms with van der Waals surface area (Å²) in [6.07, 6.45) is 2.49. The molecule has 1 heterocycles. The highest BCUT2D eigenvalue weighted by Gasteiger charge is 2.06. The molecule has 0 spiro atoms. The van der Waals surface area contributed by atoms with Gasteiger partial charge < -0.3 is 10.1 Å². The van der Waals surface area contributed by atoms with Crippen LogP contribution in [0.25, 0.3) is 0 Å². The van der Waals surface area contributed by atoms with Crippen LogP contribution in [0, 0.1) is 5.82 Å². The van der Waals surface area contributed by atoms with Crippen molar-refractivity contribution in [3.63, 3.8) is 0 Å². The molecule has 2 rings (SSSR count). The van der Waals surface area contributed by atoms with E-state index in [1.165, 1.54) is 18.5 Å². The zero-order valence-corrected chi connectivity index (χ0v) is 12.5. The summed E-state index contributed by atoms with van der Waals surface area (Å²) in [5.41, 5.74) is 0.863. The molecule has 0 aliphatic heterocycles. The second-order valence-electron chi connectivity index (χ2n) is 4.76. The average Bonchev–Trinajstić information content (AvgIpc) is 2.90. The van der Waals surface area contributed by atoms with Gasteiger partial charge in [0, 0.05) is 19.2 Å². The van der Waals surface area contributed by atoms with Crippen molar-refractivity contribution in [2.45, 2.75) is 40.0 Å². The van der Waals surface area contributed by atoms with Gasteiger partial charge in [-0.25, -0.2) is 14.1 Å². The minimum atomic E-state index is -0.296. The third-order valence-corrected chi connectivity index (χ3v) is 3.01. The summed E-state index contributed by atoms with van der Waals surface area (Å²) in [6.45, 7) is 6.63. The molecule has 1 aromatic carbocycles. The number of hydrogen-bond donors (Lipinski definition) is 1. The second-order valence-corrected chi connectivity index (χ2v) is 4.76. The monoisotopic (exact) mass is 292 g/mol. The largest absolute Gasteiger partial charge is 0.486 e. The number of ether oxygens (including phenoxy) is 1. The summed E-state index contributed by atoms with van der Waals surface area (Å²) in [5, 5.41) is 7.30. The standard InChI is InChI=1S/C15H21FN4O/c1-3-5-20-15(18-11-19-20)10-21-14-7-12(9-17-4-2)6-13(16)8-14/h6-8,11,17H,3-5,9-10H2,1-2H3. The van der Waals surface area contributed by atoms with Crippen LogP contribution in [0.15, 0.2) is 24.5 Å².